The number of benzene rings is 3. The minimum atomic E-state index is 0. The van der Waals surface area contributed by atoms with Crippen molar-refractivity contribution in [1.82, 2.24) is 9.88 Å². The Balaban J connectivity index is 0.00000216. The summed E-state index contributed by atoms with van der Waals surface area (Å²) in [4.78, 5) is 6.89. The van der Waals surface area contributed by atoms with E-state index in [1.807, 2.05) is 48.5 Å². The van der Waals surface area contributed by atoms with Gasteiger partial charge in [-0.15, -0.1) is 48.0 Å². The molecule has 0 radical (unpaired) electrons. The number of pyridine rings is 1. The second-order valence-electron chi connectivity index (χ2n) is 7.65. The van der Waals surface area contributed by atoms with Gasteiger partial charge in [-0.3, -0.25) is 4.90 Å². The lowest BCUT2D eigenvalue weighted by Crippen LogP contribution is -2.27. The zero-order valence-corrected chi connectivity index (χ0v) is 22.8. The summed E-state index contributed by atoms with van der Waals surface area (Å²) in [7, 11) is 1.64. The van der Waals surface area contributed by atoms with Crippen molar-refractivity contribution in [2.24, 2.45) is 0 Å². The predicted molar refractivity (Wildman–Crippen MR) is 153 cm³/mol. The highest BCUT2D eigenvalue weighted by atomic mass is 35.5. The minimum Gasteiger partial charge on any atom is -0.508 e. The number of methoxy groups -OCH3 is 1. The Kier molecular flexibility index (Phi) is 11.3. The van der Waals surface area contributed by atoms with Crippen LogP contribution in [-0.2, 0) is 6.54 Å². The van der Waals surface area contributed by atoms with Crippen LogP contribution in [0.4, 0.5) is 11.4 Å². The first-order valence-electron chi connectivity index (χ1n) is 10.5. The first-order chi connectivity index (χ1) is 16.0. The van der Waals surface area contributed by atoms with E-state index >= 15 is 0 Å². The molecule has 0 aliphatic carbocycles. The molecule has 10 heteroatoms. The van der Waals surface area contributed by atoms with Crippen molar-refractivity contribution in [2.75, 3.05) is 37.3 Å². The molecule has 0 spiro atoms. The van der Waals surface area contributed by atoms with Crippen LogP contribution in [0, 0.1) is 0 Å². The quantitative estimate of drug-likeness (QED) is 0.122. The molecule has 0 aliphatic rings. The van der Waals surface area contributed by atoms with Gasteiger partial charge >= 0.3 is 0 Å². The highest BCUT2D eigenvalue weighted by Gasteiger charge is 2.14. The SMILES string of the molecule is COc1ccc2nc3cc(Cl)ccc3c(Nc3ccc(O)c(CN(CCCl)CCCl)c3)c2c1.Cl.Cl. The number of aromatic nitrogens is 1. The Bertz CT molecular complexity index is 1280. The molecule has 2 N–H and O–H groups in total. The molecule has 0 saturated carbocycles. The maximum absolute atomic E-state index is 10.5. The molecule has 4 aromatic rings. The van der Waals surface area contributed by atoms with Gasteiger partial charge in [0, 0.05) is 58.4 Å². The number of aromatic hydroxyl groups is 1. The number of hydrogen-bond acceptors (Lipinski definition) is 5. The third-order valence-electron chi connectivity index (χ3n) is 5.49. The summed E-state index contributed by atoms with van der Waals surface area (Å²) in [5.41, 5.74) is 4.13. The van der Waals surface area contributed by atoms with Crippen LogP contribution in [0.3, 0.4) is 0 Å². The number of hydrogen-bond donors (Lipinski definition) is 2. The van der Waals surface area contributed by atoms with Gasteiger partial charge in [0.2, 0.25) is 0 Å². The summed E-state index contributed by atoms with van der Waals surface area (Å²) >= 11 is 18.1. The molecule has 5 nitrogen and oxygen atoms in total. The largest absolute Gasteiger partial charge is 0.508 e. The zero-order valence-electron chi connectivity index (χ0n) is 18.9. The van der Waals surface area contributed by atoms with Crippen LogP contribution in [0.5, 0.6) is 11.5 Å². The Labute approximate surface area is 232 Å². The molecule has 1 heterocycles. The highest BCUT2D eigenvalue weighted by Crippen LogP contribution is 2.36. The van der Waals surface area contributed by atoms with E-state index in [4.69, 9.17) is 44.5 Å². The molecule has 3 aromatic carbocycles. The van der Waals surface area contributed by atoms with E-state index in [2.05, 4.69) is 10.2 Å². The summed E-state index contributed by atoms with van der Waals surface area (Å²) in [5, 5.41) is 16.5. The molecule has 0 bridgehead atoms. The fraction of sp³-hybridized carbons (Fsp3) is 0.240. The van der Waals surface area contributed by atoms with Crippen molar-refractivity contribution in [3.63, 3.8) is 0 Å². The Hall–Kier alpha value is -1.86. The molecule has 0 aliphatic heterocycles. The molecule has 188 valence electrons. The number of alkyl halides is 2. The van der Waals surface area contributed by atoms with E-state index in [9.17, 15) is 5.11 Å². The first-order valence-corrected chi connectivity index (χ1v) is 12.0. The second-order valence-corrected chi connectivity index (χ2v) is 8.85. The molecule has 35 heavy (non-hydrogen) atoms. The van der Waals surface area contributed by atoms with Gasteiger partial charge in [-0.05, 0) is 54.6 Å². The lowest BCUT2D eigenvalue weighted by atomic mass is 10.1. The Morgan fingerprint density at radius 1 is 0.914 bits per heavy atom. The monoisotopic (exact) mass is 575 g/mol. The van der Waals surface area contributed by atoms with Crippen molar-refractivity contribution in [3.05, 3.63) is 65.2 Å². The Morgan fingerprint density at radius 3 is 2.34 bits per heavy atom. The van der Waals surface area contributed by atoms with Gasteiger partial charge in [0.1, 0.15) is 11.5 Å². The topological polar surface area (TPSA) is 57.6 Å². The number of ether oxygens (including phenoxy) is 1. The van der Waals surface area contributed by atoms with Crippen molar-refractivity contribution >= 4 is 92.8 Å². The van der Waals surface area contributed by atoms with Gasteiger partial charge in [-0.1, -0.05) is 11.6 Å². The van der Waals surface area contributed by atoms with Crippen LogP contribution in [0.15, 0.2) is 54.6 Å². The maximum atomic E-state index is 10.5. The standard InChI is InChI=1S/C25H24Cl3N3O2.2ClH/c1-33-19-4-6-22-21(14-19)25(20-5-2-17(28)13-23(20)30-22)29-18-3-7-24(32)16(12-18)15-31(10-8-26)11-9-27;;/h2-7,12-14,32H,8-11,15H2,1H3,(H,29,30);2*1H. The van der Waals surface area contributed by atoms with Gasteiger partial charge in [0.15, 0.2) is 0 Å². The van der Waals surface area contributed by atoms with Crippen LogP contribution >= 0.6 is 59.6 Å². The summed E-state index contributed by atoms with van der Waals surface area (Å²) in [6.45, 7) is 1.92. The number of nitrogens with zero attached hydrogens (tertiary/aromatic N) is 2. The maximum Gasteiger partial charge on any atom is 0.120 e. The van der Waals surface area contributed by atoms with Crippen LogP contribution in [0.1, 0.15) is 5.56 Å². The average molecular weight is 578 g/mol. The number of nitrogens with one attached hydrogen (secondary N) is 1. The molecule has 0 amide bonds. The summed E-state index contributed by atoms with van der Waals surface area (Å²) in [6.07, 6.45) is 0. The van der Waals surface area contributed by atoms with Gasteiger partial charge < -0.3 is 15.2 Å². The molecule has 0 fully saturated rings. The third kappa shape index (κ3) is 6.88. The highest BCUT2D eigenvalue weighted by molar-refractivity contribution is 6.31. The van der Waals surface area contributed by atoms with Crippen LogP contribution in [-0.4, -0.2) is 46.9 Å². The number of halogens is 5. The Morgan fingerprint density at radius 2 is 1.66 bits per heavy atom. The molecular weight excluding hydrogens is 552 g/mol. The number of fused-ring (bicyclic) bond motifs is 2. The van der Waals surface area contributed by atoms with E-state index in [0.717, 1.165) is 44.5 Å². The van der Waals surface area contributed by atoms with E-state index in [1.165, 1.54) is 0 Å². The van der Waals surface area contributed by atoms with E-state index in [-0.39, 0.29) is 30.6 Å². The lowest BCUT2D eigenvalue weighted by molar-refractivity contribution is 0.294. The normalized spacial score (nSPS) is 10.8. The van der Waals surface area contributed by atoms with Crippen molar-refractivity contribution in [3.8, 4) is 11.5 Å². The zero-order chi connectivity index (χ0) is 23.4. The minimum absolute atomic E-state index is 0. The average Bonchev–Trinajstić information content (AvgIpc) is 2.81. The van der Waals surface area contributed by atoms with Crippen molar-refractivity contribution in [2.45, 2.75) is 6.54 Å². The summed E-state index contributed by atoms with van der Waals surface area (Å²) < 4.78 is 5.45. The molecule has 4 rings (SSSR count). The summed E-state index contributed by atoms with van der Waals surface area (Å²) in [6, 6.07) is 16.9. The number of phenols is 1. The number of phenolic OH excluding ortho intramolecular Hbond substituents is 1. The smallest absolute Gasteiger partial charge is 0.120 e. The van der Waals surface area contributed by atoms with E-state index in [1.54, 1.807) is 13.2 Å². The van der Waals surface area contributed by atoms with Crippen molar-refractivity contribution < 1.29 is 9.84 Å². The molecule has 0 atom stereocenters. The molecule has 0 unspecified atom stereocenters. The van der Waals surface area contributed by atoms with Crippen LogP contribution in [0.2, 0.25) is 5.02 Å². The third-order valence-corrected chi connectivity index (χ3v) is 6.06. The molecule has 1 aromatic heterocycles. The second kappa shape index (κ2) is 13.4. The van der Waals surface area contributed by atoms with Gasteiger partial charge in [0.05, 0.1) is 23.8 Å². The molecule has 0 saturated heterocycles. The fourth-order valence-electron chi connectivity index (χ4n) is 3.84. The van der Waals surface area contributed by atoms with Gasteiger partial charge in [0.25, 0.3) is 0 Å². The van der Waals surface area contributed by atoms with Crippen molar-refractivity contribution in [1.29, 1.82) is 0 Å². The van der Waals surface area contributed by atoms with E-state index < -0.39 is 0 Å². The number of rotatable bonds is 9. The summed E-state index contributed by atoms with van der Waals surface area (Å²) in [5.74, 6) is 1.96. The van der Waals surface area contributed by atoms with Crippen LogP contribution in [0.25, 0.3) is 21.8 Å². The molecular formula is C25H26Cl5N3O2. The van der Waals surface area contributed by atoms with Gasteiger partial charge in [-0.2, -0.15) is 0 Å². The first kappa shape index (κ1) is 29.4. The number of anilines is 2. The van der Waals surface area contributed by atoms with E-state index in [0.29, 0.717) is 36.4 Å². The predicted octanol–water partition coefficient (Wildman–Crippen LogP) is 7.62. The lowest BCUT2D eigenvalue weighted by Gasteiger charge is -2.21. The fourth-order valence-corrected chi connectivity index (χ4v) is 4.49. The van der Waals surface area contributed by atoms with Crippen LogP contribution < -0.4 is 10.1 Å². The van der Waals surface area contributed by atoms with Gasteiger partial charge in [-0.25, -0.2) is 4.98 Å².